The summed E-state index contributed by atoms with van der Waals surface area (Å²) in [7, 11) is 1.69. The van der Waals surface area contributed by atoms with Crippen LogP contribution in [0.5, 0.6) is 0 Å². The van der Waals surface area contributed by atoms with E-state index in [0.29, 0.717) is 37.7 Å². The highest BCUT2D eigenvalue weighted by Crippen LogP contribution is 2.31. The highest BCUT2D eigenvalue weighted by molar-refractivity contribution is 5.68. The molecule has 0 N–H and O–H groups in total. The summed E-state index contributed by atoms with van der Waals surface area (Å²) < 4.78 is 6.87. The molecule has 26 heavy (non-hydrogen) atoms. The van der Waals surface area contributed by atoms with E-state index in [-0.39, 0.29) is 18.4 Å². The van der Waals surface area contributed by atoms with Gasteiger partial charge in [0, 0.05) is 33.2 Å². The summed E-state index contributed by atoms with van der Waals surface area (Å²) in [4.78, 5) is 26.7. The molecule has 1 amide bonds. The van der Waals surface area contributed by atoms with E-state index in [2.05, 4.69) is 5.10 Å². The number of nitrogens with zero attached hydrogens (tertiary/aromatic N) is 5. The van der Waals surface area contributed by atoms with Crippen molar-refractivity contribution < 1.29 is 14.5 Å². The molecule has 9 nitrogen and oxygen atoms in total. The van der Waals surface area contributed by atoms with Crippen LogP contribution in [0.3, 0.4) is 0 Å². The Morgan fingerprint density at radius 1 is 1.23 bits per heavy atom. The van der Waals surface area contributed by atoms with Crippen molar-refractivity contribution >= 4 is 17.6 Å². The molecule has 2 aromatic rings. The van der Waals surface area contributed by atoms with Gasteiger partial charge in [0.1, 0.15) is 12.3 Å². The Morgan fingerprint density at radius 2 is 1.88 bits per heavy atom. The zero-order valence-electron chi connectivity index (χ0n) is 14.8. The maximum absolute atomic E-state index is 12.2. The molecule has 0 atom stereocenters. The fourth-order valence-corrected chi connectivity index (χ4v) is 3.11. The molecule has 9 heteroatoms. The number of hydrogen-bond acceptors (Lipinski definition) is 6. The largest absolute Gasteiger partial charge is 0.445 e. The minimum absolute atomic E-state index is 0.0209. The first-order valence-corrected chi connectivity index (χ1v) is 8.36. The Hall–Kier alpha value is -3.10. The summed E-state index contributed by atoms with van der Waals surface area (Å²) in [5, 5.41) is 15.5. The molecule has 1 saturated heterocycles. The number of rotatable bonds is 4. The quantitative estimate of drug-likeness (QED) is 0.613. The number of nitro groups is 1. The van der Waals surface area contributed by atoms with Gasteiger partial charge in [-0.15, -0.1) is 0 Å². The van der Waals surface area contributed by atoms with Crippen LogP contribution in [0.15, 0.2) is 30.3 Å². The second-order valence-electron chi connectivity index (χ2n) is 6.15. The molecular formula is C17H21N5O4. The second-order valence-corrected chi connectivity index (χ2v) is 6.15. The van der Waals surface area contributed by atoms with Crippen LogP contribution < -0.4 is 4.90 Å². The maximum Gasteiger partial charge on any atom is 0.410 e. The Bertz CT molecular complexity index is 797. The van der Waals surface area contributed by atoms with Crippen LogP contribution in [0.2, 0.25) is 0 Å². The van der Waals surface area contributed by atoms with E-state index in [4.69, 9.17) is 4.74 Å². The van der Waals surface area contributed by atoms with Crippen molar-refractivity contribution in [3.05, 3.63) is 51.7 Å². The van der Waals surface area contributed by atoms with Crippen molar-refractivity contribution in [2.45, 2.75) is 13.5 Å². The third kappa shape index (κ3) is 3.61. The average Bonchev–Trinajstić information content (AvgIpc) is 2.95. The molecule has 0 radical (unpaired) electrons. The van der Waals surface area contributed by atoms with Gasteiger partial charge in [0.2, 0.25) is 5.82 Å². The van der Waals surface area contributed by atoms with Crippen LogP contribution in [0, 0.1) is 17.0 Å². The highest BCUT2D eigenvalue weighted by atomic mass is 16.6. The number of aryl methyl sites for hydroxylation is 2. The predicted octanol–water partition coefficient (Wildman–Crippen LogP) is 2.10. The fourth-order valence-electron chi connectivity index (χ4n) is 3.11. The number of benzene rings is 1. The summed E-state index contributed by atoms with van der Waals surface area (Å²) in [6.07, 6.45) is -0.371. The molecule has 0 aliphatic carbocycles. The van der Waals surface area contributed by atoms with Gasteiger partial charge in [0.05, 0.1) is 4.92 Å². The van der Waals surface area contributed by atoms with E-state index >= 15 is 0 Å². The first-order valence-electron chi connectivity index (χ1n) is 8.36. The molecule has 0 bridgehead atoms. The number of ether oxygens (including phenoxy) is 1. The smallest absolute Gasteiger partial charge is 0.410 e. The number of carbonyl (C=O) groups excluding carboxylic acids is 1. The molecule has 1 aliphatic heterocycles. The van der Waals surface area contributed by atoms with Crippen molar-refractivity contribution in [1.29, 1.82) is 0 Å². The lowest BCUT2D eigenvalue weighted by Gasteiger charge is -2.34. The SMILES string of the molecule is Cc1nn(C)c(N2CCN(C(=O)OCc3ccccc3)CC2)c1[N+](=O)[O-]. The molecular weight excluding hydrogens is 338 g/mol. The zero-order chi connectivity index (χ0) is 18.7. The van der Waals surface area contributed by atoms with Crippen LogP contribution in [0.1, 0.15) is 11.3 Å². The number of hydrogen-bond donors (Lipinski definition) is 0. The zero-order valence-corrected chi connectivity index (χ0v) is 14.8. The fraction of sp³-hybridized carbons (Fsp3) is 0.412. The van der Waals surface area contributed by atoms with Crippen molar-refractivity contribution in [2.75, 3.05) is 31.1 Å². The summed E-state index contributed by atoms with van der Waals surface area (Å²) >= 11 is 0. The third-order valence-corrected chi connectivity index (χ3v) is 4.39. The molecule has 1 aliphatic rings. The number of amides is 1. The van der Waals surface area contributed by atoms with Crippen LogP contribution in [0.4, 0.5) is 16.3 Å². The molecule has 0 spiro atoms. The van der Waals surface area contributed by atoms with Gasteiger partial charge < -0.3 is 14.5 Å². The number of piperazine rings is 1. The summed E-state index contributed by atoms with van der Waals surface area (Å²) in [5.74, 6) is 0.477. The van der Waals surface area contributed by atoms with Crippen LogP contribution >= 0.6 is 0 Å². The Morgan fingerprint density at radius 3 is 2.50 bits per heavy atom. The first kappa shape index (κ1) is 17.7. The van der Waals surface area contributed by atoms with E-state index in [1.807, 2.05) is 35.2 Å². The lowest BCUT2D eigenvalue weighted by Crippen LogP contribution is -2.49. The van der Waals surface area contributed by atoms with Gasteiger partial charge in [-0.2, -0.15) is 5.10 Å². The van der Waals surface area contributed by atoms with Gasteiger partial charge in [0.25, 0.3) is 0 Å². The Labute approximate surface area is 150 Å². The van der Waals surface area contributed by atoms with Crippen molar-refractivity contribution in [3.63, 3.8) is 0 Å². The second kappa shape index (κ2) is 7.42. The summed E-state index contributed by atoms with van der Waals surface area (Å²) in [6, 6.07) is 9.49. The molecule has 3 rings (SSSR count). The lowest BCUT2D eigenvalue weighted by atomic mass is 10.2. The van der Waals surface area contributed by atoms with Gasteiger partial charge in [-0.25, -0.2) is 9.48 Å². The van der Waals surface area contributed by atoms with E-state index in [1.54, 1.807) is 18.9 Å². The van der Waals surface area contributed by atoms with E-state index in [0.717, 1.165) is 5.56 Å². The van der Waals surface area contributed by atoms with Gasteiger partial charge in [0.15, 0.2) is 0 Å². The lowest BCUT2D eigenvalue weighted by molar-refractivity contribution is -0.384. The van der Waals surface area contributed by atoms with E-state index < -0.39 is 4.92 Å². The van der Waals surface area contributed by atoms with E-state index in [9.17, 15) is 14.9 Å². The molecule has 1 fully saturated rings. The van der Waals surface area contributed by atoms with Crippen molar-refractivity contribution in [1.82, 2.24) is 14.7 Å². The molecule has 1 aromatic heterocycles. The predicted molar refractivity (Wildman–Crippen MR) is 95.0 cm³/mol. The Kier molecular flexibility index (Phi) is 5.06. The van der Waals surface area contributed by atoms with Gasteiger partial charge >= 0.3 is 11.8 Å². The molecule has 1 aromatic carbocycles. The minimum atomic E-state index is -0.405. The van der Waals surface area contributed by atoms with Gasteiger partial charge in [-0.1, -0.05) is 30.3 Å². The summed E-state index contributed by atoms with van der Waals surface area (Å²) in [5.41, 5.74) is 1.34. The first-order chi connectivity index (χ1) is 12.5. The van der Waals surface area contributed by atoms with Crippen molar-refractivity contribution in [2.24, 2.45) is 7.05 Å². The molecule has 2 heterocycles. The number of carbonyl (C=O) groups is 1. The van der Waals surface area contributed by atoms with Gasteiger partial charge in [-0.3, -0.25) is 10.1 Å². The average molecular weight is 359 g/mol. The van der Waals surface area contributed by atoms with Crippen LogP contribution in [0.25, 0.3) is 0 Å². The number of aromatic nitrogens is 2. The molecule has 0 unspecified atom stereocenters. The standard InChI is InChI=1S/C17H21N5O4/c1-13-15(22(24)25)16(19(2)18-13)20-8-10-21(11-9-20)17(23)26-12-14-6-4-3-5-7-14/h3-7H,8-12H2,1-2H3. The van der Waals surface area contributed by atoms with Crippen molar-refractivity contribution in [3.8, 4) is 0 Å². The highest BCUT2D eigenvalue weighted by Gasteiger charge is 2.31. The normalized spacial score (nSPS) is 14.4. The monoisotopic (exact) mass is 359 g/mol. The maximum atomic E-state index is 12.2. The molecule has 0 saturated carbocycles. The molecule has 138 valence electrons. The Balaban J connectivity index is 1.59. The number of anilines is 1. The van der Waals surface area contributed by atoms with Gasteiger partial charge in [-0.05, 0) is 12.5 Å². The van der Waals surface area contributed by atoms with E-state index in [1.165, 1.54) is 4.68 Å². The topological polar surface area (TPSA) is 93.7 Å². The third-order valence-electron chi connectivity index (χ3n) is 4.39. The van der Waals surface area contributed by atoms with Crippen LogP contribution in [-0.2, 0) is 18.4 Å². The van der Waals surface area contributed by atoms with Crippen LogP contribution in [-0.4, -0.2) is 51.9 Å². The minimum Gasteiger partial charge on any atom is -0.445 e. The summed E-state index contributed by atoms with van der Waals surface area (Å²) in [6.45, 7) is 3.70.